The second kappa shape index (κ2) is 8.89. The molecule has 3 amide bonds. The molecule has 0 bridgehead atoms. The highest BCUT2D eigenvalue weighted by Crippen LogP contribution is 2.24. The van der Waals surface area contributed by atoms with E-state index in [1.165, 1.54) is 0 Å². The highest BCUT2D eigenvalue weighted by atomic mass is 16.2. The summed E-state index contributed by atoms with van der Waals surface area (Å²) in [5.74, 6) is -0.190. The minimum Gasteiger partial charge on any atom is -0.377 e. The molecular formula is C20H26N4O2. The quantitative estimate of drug-likeness (QED) is 0.744. The molecule has 0 aliphatic heterocycles. The Bertz CT molecular complexity index is 760. The highest BCUT2D eigenvalue weighted by molar-refractivity contribution is 6.02. The van der Waals surface area contributed by atoms with E-state index in [2.05, 4.69) is 16.0 Å². The Morgan fingerprint density at radius 2 is 1.77 bits per heavy atom. The maximum atomic E-state index is 12.9. The summed E-state index contributed by atoms with van der Waals surface area (Å²) in [6, 6.07) is 14.7. The van der Waals surface area contributed by atoms with Gasteiger partial charge in [0.25, 0.3) is 5.91 Å². The van der Waals surface area contributed by atoms with Gasteiger partial charge >= 0.3 is 6.03 Å². The van der Waals surface area contributed by atoms with Gasteiger partial charge in [-0.1, -0.05) is 30.3 Å². The van der Waals surface area contributed by atoms with Gasteiger partial charge in [-0.15, -0.1) is 0 Å². The summed E-state index contributed by atoms with van der Waals surface area (Å²) in [7, 11) is 3.76. The molecule has 26 heavy (non-hydrogen) atoms. The Morgan fingerprint density at radius 1 is 1.08 bits per heavy atom. The Balaban J connectivity index is 2.23. The summed E-state index contributed by atoms with van der Waals surface area (Å²) in [5.41, 5.74) is 2.89. The van der Waals surface area contributed by atoms with Crippen molar-refractivity contribution in [1.29, 1.82) is 0 Å². The number of nitrogens with zero attached hydrogens (tertiary/aromatic N) is 1. The van der Waals surface area contributed by atoms with E-state index in [1.54, 1.807) is 12.1 Å². The molecule has 2 rings (SSSR count). The fraction of sp³-hybridized carbons (Fsp3) is 0.300. The minimum atomic E-state index is -0.297. The number of rotatable bonds is 6. The first-order chi connectivity index (χ1) is 12.4. The van der Waals surface area contributed by atoms with Gasteiger partial charge in [0, 0.05) is 32.0 Å². The van der Waals surface area contributed by atoms with Gasteiger partial charge in [-0.05, 0) is 37.6 Å². The zero-order valence-electron chi connectivity index (χ0n) is 15.7. The maximum absolute atomic E-state index is 12.9. The summed E-state index contributed by atoms with van der Waals surface area (Å²) in [6.07, 6.45) is 0. The average Bonchev–Trinajstić information content (AvgIpc) is 2.62. The van der Waals surface area contributed by atoms with E-state index < -0.39 is 0 Å². The standard InChI is InChI=1S/C20H26N4O2/c1-5-21-20(26)23-16-11-12-18(24(3)4)17(13-16)19(25)22-14(2)15-9-7-6-8-10-15/h6-14H,5H2,1-4H3,(H,22,25)(H2,21,23,26)/t14-/m0/s1. The second-order valence-corrected chi connectivity index (χ2v) is 6.22. The maximum Gasteiger partial charge on any atom is 0.319 e. The van der Waals surface area contributed by atoms with Crippen molar-refractivity contribution < 1.29 is 9.59 Å². The number of amides is 3. The van der Waals surface area contributed by atoms with Crippen LogP contribution in [0.3, 0.4) is 0 Å². The van der Waals surface area contributed by atoms with Crippen LogP contribution < -0.4 is 20.9 Å². The van der Waals surface area contributed by atoms with E-state index in [1.807, 2.05) is 69.2 Å². The van der Waals surface area contributed by atoms with Crippen LogP contribution in [0.15, 0.2) is 48.5 Å². The van der Waals surface area contributed by atoms with E-state index in [0.717, 1.165) is 11.3 Å². The predicted molar refractivity (Wildman–Crippen MR) is 106 cm³/mol. The van der Waals surface area contributed by atoms with E-state index in [-0.39, 0.29) is 18.0 Å². The minimum absolute atomic E-state index is 0.126. The molecule has 0 aliphatic rings. The molecule has 0 aliphatic carbocycles. The summed E-state index contributed by atoms with van der Waals surface area (Å²) >= 11 is 0. The van der Waals surface area contributed by atoms with Crippen LogP contribution >= 0.6 is 0 Å². The molecule has 3 N–H and O–H groups in total. The molecule has 0 unspecified atom stereocenters. The molecule has 0 radical (unpaired) electrons. The van der Waals surface area contributed by atoms with Gasteiger partial charge in [0.1, 0.15) is 0 Å². The van der Waals surface area contributed by atoms with E-state index in [0.29, 0.717) is 17.8 Å². The Kier molecular flexibility index (Phi) is 6.60. The number of urea groups is 1. The fourth-order valence-electron chi connectivity index (χ4n) is 2.62. The first kappa shape index (κ1) is 19.3. The van der Waals surface area contributed by atoms with Gasteiger partial charge < -0.3 is 20.9 Å². The summed E-state index contributed by atoms with van der Waals surface area (Å²) < 4.78 is 0. The summed E-state index contributed by atoms with van der Waals surface area (Å²) in [6.45, 7) is 4.32. The Hall–Kier alpha value is -3.02. The predicted octanol–water partition coefficient (Wildman–Crippen LogP) is 3.39. The Labute approximate surface area is 154 Å². The topological polar surface area (TPSA) is 73.5 Å². The molecular weight excluding hydrogens is 328 g/mol. The van der Waals surface area contributed by atoms with Crippen molar-refractivity contribution in [2.75, 3.05) is 30.9 Å². The molecule has 1 atom stereocenters. The van der Waals surface area contributed by atoms with Gasteiger partial charge in [-0.25, -0.2) is 4.79 Å². The van der Waals surface area contributed by atoms with Crippen LogP contribution in [0, 0.1) is 0 Å². The SMILES string of the molecule is CCNC(=O)Nc1ccc(N(C)C)c(C(=O)N[C@@H](C)c2ccccc2)c1. The molecule has 0 aromatic heterocycles. The fourth-order valence-corrected chi connectivity index (χ4v) is 2.62. The van der Waals surface area contributed by atoms with Crippen molar-refractivity contribution in [1.82, 2.24) is 10.6 Å². The average molecular weight is 354 g/mol. The Morgan fingerprint density at radius 3 is 2.38 bits per heavy atom. The van der Waals surface area contributed by atoms with Crippen molar-refractivity contribution in [2.45, 2.75) is 19.9 Å². The number of benzene rings is 2. The molecule has 0 fully saturated rings. The molecule has 0 saturated carbocycles. The van der Waals surface area contributed by atoms with Gasteiger partial charge in [0.05, 0.1) is 11.6 Å². The third-order valence-corrected chi connectivity index (χ3v) is 3.97. The molecule has 0 saturated heterocycles. The van der Waals surface area contributed by atoms with Gasteiger partial charge in [0.15, 0.2) is 0 Å². The first-order valence-corrected chi connectivity index (χ1v) is 8.64. The van der Waals surface area contributed by atoms with Crippen molar-refractivity contribution >= 4 is 23.3 Å². The zero-order chi connectivity index (χ0) is 19.1. The van der Waals surface area contributed by atoms with Gasteiger partial charge in [0.2, 0.25) is 0 Å². The number of hydrogen-bond donors (Lipinski definition) is 3. The number of hydrogen-bond acceptors (Lipinski definition) is 3. The number of carbonyl (C=O) groups is 2. The largest absolute Gasteiger partial charge is 0.377 e. The van der Waals surface area contributed by atoms with E-state index >= 15 is 0 Å². The molecule has 0 heterocycles. The molecule has 6 nitrogen and oxygen atoms in total. The van der Waals surface area contributed by atoms with Crippen LogP contribution in [0.2, 0.25) is 0 Å². The van der Waals surface area contributed by atoms with Crippen LogP contribution in [0.25, 0.3) is 0 Å². The third kappa shape index (κ3) is 4.99. The highest BCUT2D eigenvalue weighted by Gasteiger charge is 2.17. The first-order valence-electron chi connectivity index (χ1n) is 8.64. The van der Waals surface area contributed by atoms with Gasteiger partial charge in [-0.2, -0.15) is 0 Å². The van der Waals surface area contributed by atoms with E-state index in [4.69, 9.17) is 0 Å². The second-order valence-electron chi connectivity index (χ2n) is 6.22. The van der Waals surface area contributed by atoms with Crippen LogP contribution in [-0.2, 0) is 0 Å². The molecule has 138 valence electrons. The number of carbonyl (C=O) groups excluding carboxylic acids is 2. The lowest BCUT2D eigenvalue weighted by Crippen LogP contribution is -2.30. The monoisotopic (exact) mass is 354 g/mol. The van der Waals surface area contributed by atoms with Gasteiger partial charge in [-0.3, -0.25) is 4.79 Å². The molecule has 2 aromatic rings. The van der Waals surface area contributed by atoms with Crippen molar-refractivity contribution in [3.8, 4) is 0 Å². The lowest BCUT2D eigenvalue weighted by molar-refractivity contribution is 0.0940. The zero-order valence-corrected chi connectivity index (χ0v) is 15.7. The van der Waals surface area contributed by atoms with Crippen LogP contribution in [-0.4, -0.2) is 32.6 Å². The number of anilines is 2. The molecule has 2 aromatic carbocycles. The van der Waals surface area contributed by atoms with E-state index in [9.17, 15) is 9.59 Å². The lowest BCUT2D eigenvalue weighted by Gasteiger charge is -2.20. The molecule has 0 spiro atoms. The van der Waals surface area contributed by atoms with Crippen molar-refractivity contribution in [3.05, 3.63) is 59.7 Å². The summed E-state index contributed by atoms with van der Waals surface area (Å²) in [5, 5.41) is 8.43. The van der Waals surface area contributed by atoms with Crippen LogP contribution in [0.1, 0.15) is 35.8 Å². The normalized spacial score (nSPS) is 11.4. The van der Waals surface area contributed by atoms with Crippen molar-refractivity contribution in [3.63, 3.8) is 0 Å². The smallest absolute Gasteiger partial charge is 0.319 e. The molecule has 6 heteroatoms. The summed E-state index contributed by atoms with van der Waals surface area (Å²) in [4.78, 5) is 26.5. The van der Waals surface area contributed by atoms with Crippen LogP contribution in [0.4, 0.5) is 16.2 Å². The number of nitrogens with one attached hydrogen (secondary N) is 3. The van der Waals surface area contributed by atoms with Crippen molar-refractivity contribution in [2.24, 2.45) is 0 Å². The van der Waals surface area contributed by atoms with Crippen LogP contribution in [0.5, 0.6) is 0 Å². The lowest BCUT2D eigenvalue weighted by atomic mass is 10.1. The third-order valence-electron chi connectivity index (χ3n) is 3.97.